The van der Waals surface area contributed by atoms with Gasteiger partial charge < -0.3 is 23.9 Å². The predicted octanol–water partition coefficient (Wildman–Crippen LogP) is 4.90. The van der Waals surface area contributed by atoms with E-state index in [9.17, 15) is 23.1 Å². The van der Waals surface area contributed by atoms with Crippen molar-refractivity contribution in [1.29, 1.82) is 5.26 Å². The molecule has 2 aromatic heterocycles. The molecule has 10 nitrogen and oxygen atoms in total. The van der Waals surface area contributed by atoms with Crippen molar-refractivity contribution in [2.24, 2.45) is 7.05 Å². The number of fused-ring (bicyclic) bond motifs is 1. The van der Waals surface area contributed by atoms with Gasteiger partial charge in [0.1, 0.15) is 24.1 Å². The molecule has 13 heteroatoms. The number of carboxylic acids is 1. The zero-order chi connectivity index (χ0) is 29.8. The maximum absolute atomic E-state index is 14.1. The number of hydrogen-bond donors (Lipinski definition) is 1. The van der Waals surface area contributed by atoms with Gasteiger partial charge in [-0.1, -0.05) is 6.07 Å². The summed E-state index contributed by atoms with van der Waals surface area (Å²) in [5.41, 5.74) is 1.15. The molecule has 0 bridgehead atoms. The Morgan fingerprint density at radius 3 is 2.62 bits per heavy atom. The normalized spacial score (nSPS) is 14.2. The topological polar surface area (TPSA) is 123 Å². The zero-order valence-electron chi connectivity index (χ0n) is 22.5. The zero-order valence-corrected chi connectivity index (χ0v) is 22.5. The van der Waals surface area contributed by atoms with Crippen molar-refractivity contribution >= 4 is 17.0 Å². The number of pyridine rings is 1. The second-order valence-corrected chi connectivity index (χ2v) is 9.72. The number of benzene rings is 2. The van der Waals surface area contributed by atoms with Gasteiger partial charge in [0, 0.05) is 26.2 Å². The van der Waals surface area contributed by atoms with Gasteiger partial charge in [-0.2, -0.15) is 14.0 Å². The molecule has 3 heterocycles. The molecule has 4 aromatic rings. The molecule has 0 spiro atoms. The number of ether oxygens (including phenoxy) is 3. The fourth-order valence-electron chi connectivity index (χ4n) is 4.75. The molecule has 1 saturated heterocycles. The van der Waals surface area contributed by atoms with E-state index in [4.69, 9.17) is 14.7 Å². The van der Waals surface area contributed by atoms with Gasteiger partial charge in [-0.25, -0.2) is 19.2 Å². The molecular formula is C29H26F3N5O5. The maximum Gasteiger partial charge on any atom is 0.387 e. The smallest absolute Gasteiger partial charge is 0.387 e. The van der Waals surface area contributed by atoms with Crippen molar-refractivity contribution in [3.8, 4) is 23.4 Å². The number of piperidine rings is 1. The second-order valence-electron chi connectivity index (χ2n) is 9.72. The fraction of sp³-hybridized carbons (Fsp3) is 0.310. The van der Waals surface area contributed by atoms with E-state index in [-0.39, 0.29) is 40.9 Å². The Labute approximate surface area is 238 Å². The average Bonchev–Trinajstić information content (AvgIpc) is 3.28. The lowest BCUT2D eigenvalue weighted by Crippen LogP contribution is -2.38. The van der Waals surface area contributed by atoms with Crippen LogP contribution in [0.2, 0.25) is 0 Å². The van der Waals surface area contributed by atoms with E-state index in [1.54, 1.807) is 29.8 Å². The molecule has 0 aliphatic carbocycles. The van der Waals surface area contributed by atoms with Gasteiger partial charge in [-0.15, -0.1) is 0 Å². The summed E-state index contributed by atoms with van der Waals surface area (Å²) in [6, 6.07) is 13.6. The summed E-state index contributed by atoms with van der Waals surface area (Å²) < 4.78 is 57.9. The van der Waals surface area contributed by atoms with Gasteiger partial charge in [-0.05, 0) is 49.2 Å². The minimum atomic E-state index is -3.12. The van der Waals surface area contributed by atoms with Crippen LogP contribution >= 0.6 is 0 Å². The number of aromatic nitrogens is 3. The number of carbonyl (C=O) groups is 1. The summed E-state index contributed by atoms with van der Waals surface area (Å²) in [4.78, 5) is 22.6. The van der Waals surface area contributed by atoms with Crippen LogP contribution in [0.1, 0.15) is 40.3 Å². The first-order valence-corrected chi connectivity index (χ1v) is 13.0. The van der Waals surface area contributed by atoms with Crippen LogP contribution in [-0.4, -0.2) is 56.3 Å². The van der Waals surface area contributed by atoms with E-state index in [0.29, 0.717) is 55.4 Å². The summed E-state index contributed by atoms with van der Waals surface area (Å²) in [6.07, 6.45) is 1.31. The minimum Gasteiger partial charge on any atom is -0.484 e. The van der Waals surface area contributed by atoms with E-state index in [1.165, 1.54) is 18.2 Å². The molecule has 0 saturated carbocycles. The van der Waals surface area contributed by atoms with Crippen LogP contribution < -0.4 is 14.2 Å². The van der Waals surface area contributed by atoms with Crippen LogP contribution in [-0.2, 0) is 20.2 Å². The number of aromatic carboxylic acids is 1. The second kappa shape index (κ2) is 12.4. The quantitative estimate of drug-likeness (QED) is 0.279. The van der Waals surface area contributed by atoms with Crippen LogP contribution in [0.15, 0.2) is 48.5 Å². The lowest BCUT2D eigenvalue weighted by molar-refractivity contribution is -0.0489. The van der Waals surface area contributed by atoms with Crippen molar-refractivity contribution < 1.29 is 37.3 Å². The third-order valence-electron chi connectivity index (χ3n) is 6.91. The number of nitrogens with zero attached hydrogens (tertiary/aromatic N) is 5. The lowest BCUT2D eigenvalue weighted by Gasteiger charge is -2.31. The first kappa shape index (κ1) is 28.7. The van der Waals surface area contributed by atoms with Crippen molar-refractivity contribution in [2.45, 2.75) is 38.7 Å². The highest BCUT2D eigenvalue weighted by atomic mass is 19.3. The molecular weight excluding hydrogens is 555 g/mol. The van der Waals surface area contributed by atoms with Crippen LogP contribution in [0.3, 0.4) is 0 Å². The van der Waals surface area contributed by atoms with Crippen LogP contribution in [0.5, 0.6) is 17.4 Å². The highest BCUT2D eigenvalue weighted by molar-refractivity contribution is 5.95. The van der Waals surface area contributed by atoms with Crippen molar-refractivity contribution in [2.75, 3.05) is 13.1 Å². The number of nitriles is 1. The van der Waals surface area contributed by atoms with E-state index in [1.807, 2.05) is 6.07 Å². The lowest BCUT2D eigenvalue weighted by atomic mass is 10.1. The number of carboxylic acid groups (broad SMARTS) is 1. The number of alkyl halides is 2. The number of aryl methyl sites for hydroxylation is 1. The maximum atomic E-state index is 14.1. The number of likely N-dealkylation sites (tertiary alicyclic amines) is 1. The molecule has 218 valence electrons. The molecule has 0 radical (unpaired) electrons. The Morgan fingerprint density at radius 2 is 1.93 bits per heavy atom. The first-order valence-electron chi connectivity index (χ1n) is 13.0. The van der Waals surface area contributed by atoms with Crippen LogP contribution in [0.25, 0.3) is 11.0 Å². The summed E-state index contributed by atoms with van der Waals surface area (Å²) in [5, 5.41) is 18.3. The van der Waals surface area contributed by atoms with E-state index >= 15 is 0 Å². The van der Waals surface area contributed by atoms with E-state index < -0.39 is 18.4 Å². The standard InChI is InChI=1S/C29H26F3N5O5/c1-36-22-12-18(28(38)39)13-24(42-29(31)32)27(22)35-25(36)15-37-9-7-20(8-10-37)41-26-4-2-3-19(34-26)16-40-23-6-5-17(14-33)11-21(23)30/h2-6,11-13,20,29H,7-10,15-16H2,1H3,(H,38,39). The molecule has 0 atom stereocenters. The molecule has 5 rings (SSSR count). The third-order valence-corrected chi connectivity index (χ3v) is 6.91. The molecule has 1 N–H and O–H groups in total. The third kappa shape index (κ3) is 6.55. The Balaban J connectivity index is 1.18. The molecule has 1 aliphatic heterocycles. The Hall–Kier alpha value is -4.83. The molecule has 1 aliphatic rings. The SMILES string of the molecule is Cn1c(CN2CCC(Oc3cccc(COc4ccc(C#N)cc4F)n3)CC2)nc2c(OC(F)F)cc(C(=O)O)cc21. The predicted molar refractivity (Wildman–Crippen MR) is 143 cm³/mol. The number of hydrogen-bond acceptors (Lipinski definition) is 8. The van der Waals surface area contributed by atoms with E-state index in [0.717, 1.165) is 12.1 Å². The fourth-order valence-corrected chi connectivity index (χ4v) is 4.75. The van der Waals surface area contributed by atoms with Crippen molar-refractivity contribution in [3.05, 3.63) is 77.0 Å². The largest absolute Gasteiger partial charge is 0.484 e. The molecule has 2 aromatic carbocycles. The van der Waals surface area contributed by atoms with Gasteiger partial charge in [0.25, 0.3) is 0 Å². The van der Waals surface area contributed by atoms with Gasteiger partial charge in [0.15, 0.2) is 17.3 Å². The minimum absolute atomic E-state index is 0.0223. The number of rotatable bonds is 10. The molecule has 42 heavy (non-hydrogen) atoms. The number of halogens is 3. The number of imidazole rings is 1. The van der Waals surface area contributed by atoms with Gasteiger partial charge in [0.2, 0.25) is 5.88 Å². The summed E-state index contributed by atoms with van der Waals surface area (Å²) in [6.45, 7) is -1.32. The summed E-state index contributed by atoms with van der Waals surface area (Å²) >= 11 is 0. The molecule has 0 unspecified atom stereocenters. The van der Waals surface area contributed by atoms with Crippen molar-refractivity contribution in [1.82, 2.24) is 19.4 Å². The molecule has 0 amide bonds. The summed E-state index contributed by atoms with van der Waals surface area (Å²) in [5.74, 6) is -1.14. The first-order chi connectivity index (χ1) is 20.2. The van der Waals surface area contributed by atoms with Crippen LogP contribution in [0, 0.1) is 17.1 Å². The van der Waals surface area contributed by atoms with Gasteiger partial charge in [0.05, 0.1) is 35.0 Å². The van der Waals surface area contributed by atoms with Gasteiger partial charge >= 0.3 is 12.6 Å². The van der Waals surface area contributed by atoms with Crippen LogP contribution in [0.4, 0.5) is 13.2 Å². The molecule has 1 fully saturated rings. The Morgan fingerprint density at radius 1 is 1.14 bits per heavy atom. The van der Waals surface area contributed by atoms with Gasteiger partial charge in [-0.3, -0.25) is 4.90 Å². The highest BCUT2D eigenvalue weighted by Crippen LogP contribution is 2.30. The Kier molecular flexibility index (Phi) is 8.44. The van der Waals surface area contributed by atoms with E-state index in [2.05, 4.69) is 19.6 Å². The highest BCUT2D eigenvalue weighted by Gasteiger charge is 2.24. The van der Waals surface area contributed by atoms with Crippen molar-refractivity contribution in [3.63, 3.8) is 0 Å². The monoisotopic (exact) mass is 581 g/mol. The average molecular weight is 582 g/mol. The summed E-state index contributed by atoms with van der Waals surface area (Å²) in [7, 11) is 1.70. The Bertz CT molecular complexity index is 1650.